The number of aromatic hydroxyl groups is 1. The average molecular weight is 454 g/mol. The molecule has 0 fully saturated rings. The highest BCUT2D eigenvalue weighted by Crippen LogP contribution is 2.38. The van der Waals surface area contributed by atoms with Gasteiger partial charge >= 0.3 is 5.97 Å². The van der Waals surface area contributed by atoms with E-state index in [4.69, 9.17) is 17.3 Å². The molecule has 0 radical (unpaired) electrons. The van der Waals surface area contributed by atoms with Gasteiger partial charge in [-0.3, -0.25) is 5.43 Å². The van der Waals surface area contributed by atoms with Crippen LogP contribution in [0.15, 0.2) is 59.0 Å². The molecule has 1 heterocycles. The van der Waals surface area contributed by atoms with Crippen molar-refractivity contribution in [1.82, 2.24) is 5.43 Å². The molecule has 0 atom stereocenters. The van der Waals surface area contributed by atoms with E-state index in [2.05, 4.69) is 48.7 Å². The lowest BCUT2D eigenvalue weighted by molar-refractivity contribution is 0.0697. The van der Waals surface area contributed by atoms with E-state index in [1.54, 1.807) is 12.1 Å². The summed E-state index contributed by atoms with van der Waals surface area (Å²) >= 11 is 6.62. The molecule has 31 heavy (non-hydrogen) atoms. The summed E-state index contributed by atoms with van der Waals surface area (Å²) in [6.45, 7) is 6.49. The van der Waals surface area contributed by atoms with Gasteiger partial charge in [-0.15, -0.1) is 11.3 Å². The minimum Gasteiger partial charge on any atom is -0.506 e. The van der Waals surface area contributed by atoms with E-state index in [1.165, 1.54) is 35.2 Å². The first kappa shape index (κ1) is 22.5. The lowest BCUT2D eigenvalue weighted by atomic mass is 9.86. The number of hydrogen-bond acceptors (Lipinski definition) is 5. The first-order chi connectivity index (χ1) is 14.6. The second-order valence-electron chi connectivity index (χ2n) is 7.90. The standard InChI is InChI=1S/C23H23N3O3S2/c1-23(2,3)17-8-4-14(5-9-17)20-19(27)16(13-31-20)12-24-26-22(30)25-18-10-6-15(7-11-18)21(28)29/h4-13,27H,1-3H3,(H,28,29)(H2,25,26,30). The molecule has 4 N–H and O–H groups in total. The molecular formula is C23H23N3O3S2. The SMILES string of the molecule is CC(C)(C)c1ccc(-c2scc(C=NNC(=S)Nc3ccc(C(=O)O)cc3)c2O)cc1. The van der Waals surface area contributed by atoms with Gasteiger partial charge < -0.3 is 15.5 Å². The van der Waals surface area contributed by atoms with Gasteiger partial charge in [0.2, 0.25) is 0 Å². The number of rotatable bonds is 5. The first-order valence-electron chi connectivity index (χ1n) is 9.50. The Balaban J connectivity index is 1.62. The molecule has 8 heteroatoms. The molecule has 160 valence electrons. The van der Waals surface area contributed by atoms with Crippen LogP contribution in [-0.4, -0.2) is 27.5 Å². The summed E-state index contributed by atoms with van der Waals surface area (Å²) in [6, 6.07) is 14.4. The van der Waals surface area contributed by atoms with Crippen molar-refractivity contribution in [2.45, 2.75) is 26.2 Å². The highest BCUT2D eigenvalue weighted by molar-refractivity contribution is 7.80. The quantitative estimate of drug-likeness (QED) is 0.234. The van der Waals surface area contributed by atoms with Crippen molar-refractivity contribution in [3.05, 3.63) is 70.6 Å². The molecular weight excluding hydrogens is 430 g/mol. The molecule has 3 rings (SSSR count). The van der Waals surface area contributed by atoms with Gasteiger partial charge in [-0.25, -0.2) is 4.79 Å². The van der Waals surface area contributed by atoms with Crippen molar-refractivity contribution < 1.29 is 15.0 Å². The van der Waals surface area contributed by atoms with E-state index in [0.29, 0.717) is 11.3 Å². The van der Waals surface area contributed by atoms with Crippen molar-refractivity contribution >= 4 is 46.5 Å². The number of carbonyl (C=O) groups is 1. The molecule has 0 aliphatic rings. The molecule has 0 aliphatic carbocycles. The van der Waals surface area contributed by atoms with Gasteiger partial charge in [-0.1, -0.05) is 45.0 Å². The topological polar surface area (TPSA) is 94.0 Å². The summed E-state index contributed by atoms with van der Waals surface area (Å²) in [5.74, 6) is -0.820. The molecule has 2 aromatic carbocycles. The number of thiocarbonyl (C=S) groups is 1. The predicted octanol–water partition coefficient (Wildman–Crippen LogP) is 5.44. The van der Waals surface area contributed by atoms with Crippen LogP contribution in [0, 0.1) is 0 Å². The Bertz CT molecular complexity index is 1110. The number of thiophene rings is 1. The van der Waals surface area contributed by atoms with Gasteiger partial charge in [-0.05, 0) is 53.0 Å². The molecule has 1 aromatic heterocycles. The first-order valence-corrected chi connectivity index (χ1v) is 10.8. The number of anilines is 1. The number of hydrogen-bond donors (Lipinski definition) is 4. The van der Waals surface area contributed by atoms with Gasteiger partial charge in [0.25, 0.3) is 0 Å². The maximum atomic E-state index is 10.9. The Morgan fingerprint density at radius 3 is 2.32 bits per heavy atom. The molecule has 0 saturated heterocycles. The van der Waals surface area contributed by atoms with Gasteiger partial charge in [0.05, 0.1) is 16.7 Å². The van der Waals surface area contributed by atoms with Crippen molar-refractivity contribution in [2.24, 2.45) is 5.10 Å². The number of carboxylic acids is 1. The molecule has 0 spiro atoms. The van der Waals surface area contributed by atoms with E-state index in [9.17, 15) is 9.90 Å². The normalized spacial score (nSPS) is 11.5. The molecule has 6 nitrogen and oxygen atoms in total. The monoisotopic (exact) mass is 453 g/mol. The lowest BCUT2D eigenvalue weighted by Gasteiger charge is -2.19. The summed E-state index contributed by atoms with van der Waals surface area (Å²) in [4.78, 5) is 11.7. The number of benzene rings is 2. The van der Waals surface area contributed by atoms with Crippen molar-refractivity contribution in [3.8, 4) is 16.2 Å². The molecule has 0 aliphatic heterocycles. The maximum absolute atomic E-state index is 10.9. The Kier molecular flexibility index (Phi) is 6.72. The van der Waals surface area contributed by atoms with Crippen LogP contribution in [-0.2, 0) is 5.41 Å². The number of nitrogens with zero attached hydrogens (tertiary/aromatic N) is 1. The van der Waals surface area contributed by atoms with Crippen LogP contribution >= 0.6 is 23.6 Å². The third kappa shape index (κ3) is 5.68. The number of aromatic carboxylic acids is 1. The number of hydrazone groups is 1. The van der Waals surface area contributed by atoms with Crippen molar-refractivity contribution in [3.63, 3.8) is 0 Å². The molecule has 0 saturated carbocycles. The fraction of sp³-hybridized carbons (Fsp3) is 0.174. The minimum atomic E-state index is -0.989. The van der Waals surface area contributed by atoms with Crippen LogP contribution in [0.1, 0.15) is 42.3 Å². The molecule has 0 unspecified atom stereocenters. The van der Waals surface area contributed by atoms with Crippen LogP contribution in [0.4, 0.5) is 5.69 Å². The van der Waals surface area contributed by atoms with Crippen molar-refractivity contribution in [2.75, 3.05) is 5.32 Å². The Hall–Kier alpha value is -3.23. The van der Waals surface area contributed by atoms with E-state index in [0.717, 1.165) is 10.4 Å². The van der Waals surface area contributed by atoms with Gasteiger partial charge in [0, 0.05) is 16.6 Å². The van der Waals surface area contributed by atoms with E-state index >= 15 is 0 Å². The highest BCUT2D eigenvalue weighted by atomic mass is 32.1. The van der Waals surface area contributed by atoms with E-state index < -0.39 is 5.97 Å². The summed E-state index contributed by atoms with van der Waals surface area (Å²) in [6.07, 6.45) is 1.50. The zero-order valence-corrected chi connectivity index (χ0v) is 19.0. The third-order valence-corrected chi connectivity index (χ3v) is 5.79. The second-order valence-corrected chi connectivity index (χ2v) is 9.19. The largest absolute Gasteiger partial charge is 0.506 e. The number of carboxylic acid groups (broad SMARTS) is 1. The summed E-state index contributed by atoms with van der Waals surface area (Å²) < 4.78 is 0. The predicted molar refractivity (Wildman–Crippen MR) is 130 cm³/mol. The van der Waals surface area contributed by atoms with Crippen LogP contribution in [0.2, 0.25) is 0 Å². The van der Waals surface area contributed by atoms with Gasteiger partial charge in [-0.2, -0.15) is 5.10 Å². The molecule has 3 aromatic rings. The Morgan fingerprint density at radius 2 is 1.74 bits per heavy atom. The summed E-state index contributed by atoms with van der Waals surface area (Å²) in [5, 5.41) is 28.6. The van der Waals surface area contributed by atoms with Gasteiger partial charge in [0.15, 0.2) is 5.11 Å². The van der Waals surface area contributed by atoms with E-state index in [-0.39, 0.29) is 21.8 Å². The van der Waals surface area contributed by atoms with Crippen LogP contribution < -0.4 is 10.7 Å². The Morgan fingerprint density at radius 1 is 1.10 bits per heavy atom. The molecule has 0 bridgehead atoms. The van der Waals surface area contributed by atoms with Crippen LogP contribution in [0.25, 0.3) is 10.4 Å². The zero-order chi connectivity index (χ0) is 22.6. The maximum Gasteiger partial charge on any atom is 0.335 e. The van der Waals surface area contributed by atoms with E-state index in [1.807, 2.05) is 17.5 Å². The minimum absolute atomic E-state index is 0.0737. The second kappa shape index (κ2) is 9.28. The Labute approximate surface area is 190 Å². The highest BCUT2D eigenvalue weighted by Gasteiger charge is 2.15. The number of nitrogens with one attached hydrogen (secondary N) is 2. The zero-order valence-electron chi connectivity index (χ0n) is 17.3. The summed E-state index contributed by atoms with van der Waals surface area (Å²) in [5.41, 5.74) is 6.35. The average Bonchev–Trinajstić information content (AvgIpc) is 3.08. The molecule has 0 amide bonds. The summed E-state index contributed by atoms with van der Waals surface area (Å²) in [7, 11) is 0. The van der Waals surface area contributed by atoms with Gasteiger partial charge in [0.1, 0.15) is 5.75 Å². The third-order valence-electron chi connectivity index (χ3n) is 4.56. The fourth-order valence-electron chi connectivity index (χ4n) is 2.80. The van der Waals surface area contributed by atoms with Crippen LogP contribution in [0.3, 0.4) is 0 Å². The fourth-order valence-corrected chi connectivity index (χ4v) is 3.89. The smallest absolute Gasteiger partial charge is 0.335 e. The van der Waals surface area contributed by atoms with Crippen LogP contribution in [0.5, 0.6) is 5.75 Å². The lowest BCUT2D eigenvalue weighted by Crippen LogP contribution is -2.23. The van der Waals surface area contributed by atoms with Crippen molar-refractivity contribution in [1.29, 1.82) is 0 Å².